The SMILES string of the molecule is CN1C(=O)c2ccccc2N2C(=O)CC[C@@]12C(=O)OCc1cc(Cl)c2c(c1)OCCO2. The quantitative estimate of drug-likeness (QED) is 0.679. The Morgan fingerprint density at radius 3 is 2.81 bits per heavy atom. The zero-order chi connectivity index (χ0) is 21.8. The van der Waals surface area contributed by atoms with Crippen molar-refractivity contribution in [3.8, 4) is 11.5 Å². The number of esters is 1. The fourth-order valence-electron chi connectivity index (χ4n) is 4.40. The van der Waals surface area contributed by atoms with Crippen LogP contribution in [-0.4, -0.2) is 48.6 Å². The maximum atomic E-state index is 13.4. The van der Waals surface area contributed by atoms with Crippen LogP contribution in [0.3, 0.4) is 0 Å². The molecule has 3 heterocycles. The first-order valence-corrected chi connectivity index (χ1v) is 10.3. The molecule has 1 saturated heterocycles. The highest BCUT2D eigenvalue weighted by Gasteiger charge is 2.60. The van der Waals surface area contributed by atoms with Gasteiger partial charge in [0.05, 0.1) is 16.3 Å². The molecule has 0 spiro atoms. The van der Waals surface area contributed by atoms with Crippen molar-refractivity contribution >= 4 is 35.1 Å². The molecule has 0 N–H and O–H groups in total. The summed E-state index contributed by atoms with van der Waals surface area (Å²) >= 11 is 6.27. The molecule has 0 unspecified atom stereocenters. The van der Waals surface area contributed by atoms with Gasteiger partial charge in [-0.3, -0.25) is 14.5 Å². The van der Waals surface area contributed by atoms with Gasteiger partial charge in [0.25, 0.3) is 5.91 Å². The van der Waals surface area contributed by atoms with Gasteiger partial charge in [-0.1, -0.05) is 23.7 Å². The second-order valence-electron chi connectivity index (χ2n) is 7.61. The third kappa shape index (κ3) is 2.85. The molecule has 2 aromatic carbocycles. The Labute approximate surface area is 183 Å². The van der Waals surface area contributed by atoms with Crippen LogP contribution < -0.4 is 14.4 Å². The van der Waals surface area contributed by atoms with Crippen molar-refractivity contribution in [1.29, 1.82) is 0 Å². The van der Waals surface area contributed by atoms with E-state index >= 15 is 0 Å². The highest BCUT2D eigenvalue weighted by molar-refractivity contribution is 6.32. The molecular weight excluding hydrogens is 424 g/mol. The molecule has 0 saturated carbocycles. The lowest BCUT2D eigenvalue weighted by Gasteiger charge is -2.46. The number of ether oxygens (including phenoxy) is 3. The average molecular weight is 443 g/mol. The van der Waals surface area contributed by atoms with Crippen molar-refractivity contribution < 1.29 is 28.6 Å². The highest BCUT2D eigenvalue weighted by atomic mass is 35.5. The van der Waals surface area contributed by atoms with E-state index in [4.69, 9.17) is 25.8 Å². The van der Waals surface area contributed by atoms with E-state index in [2.05, 4.69) is 0 Å². The molecular formula is C22H19ClN2O6. The normalized spacial score (nSPS) is 21.6. The van der Waals surface area contributed by atoms with Gasteiger partial charge in [-0.2, -0.15) is 0 Å². The van der Waals surface area contributed by atoms with Gasteiger partial charge in [0, 0.05) is 19.9 Å². The second kappa shape index (κ2) is 7.16. The van der Waals surface area contributed by atoms with E-state index in [9.17, 15) is 14.4 Å². The van der Waals surface area contributed by atoms with Crippen molar-refractivity contribution in [2.45, 2.75) is 25.1 Å². The van der Waals surface area contributed by atoms with Gasteiger partial charge in [-0.05, 0) is 29.8 Å². The lowest BCUT2D eigenvalue weighted by Crippen LogP contribution is -2.67. The number of anilines is 1. The zero-order valence-corrected chi connectivity index (χ0v) is 17.5. The van der Waals surface area contributed by atoms with Crippen molar-refractivity contribution in [3.63, 3.8) is 0 Å². The minimum Gasteiger partial charge on any atom is -0.486 e. The van der Waals surface area contributed by atoms with Crippen molar-refractivity contribution in [2.75, 3.05) is 25.2 Å². The molecule has 0 aromatic heterocycles. The molecule has 3 aliphatic heterocycles. The van der Waals surface area contributed by atoms with E-state index in [1.165, 1.54) is 16.8 Å². The van der Waals surface area contributed by atoms with Gasteiger partial charge >= 0.3 is 5.97 Å². The van der Waals surface area contributed by atoms with Crippen LogP contribution in [-0.2, 0) is 20.9 Å². The van der Waals surface area contributed by atoms with Crippen LogP contribution in [0, 0.1) is 0 Å². The van der Waals surface area contributed by atoms with E-state index < -0.39 is 11.6 Å². The van der Waals surface area contributed by atoms with Gasteiger partial charge in [-0.15, -0.1) is 0 Å². The number of amides is 2. The minimum absolute atomic E-state index is 0.0946. The number of halogens is 1. The van der Waals surface area contributed by atoms with Crippen LogP contribution >= 0.6 is 11.6 Å². The third-order valence-corrected chi connectivity index (χ3v) is 6.18. The number of fused-ring (bicyclic) bond motifs is 4. The Morgan fingerprint density at radius 2 is 1.97 bits per heavy atom. The molecule has 2 aromatic rings. The van der Waals surface area contributed by atoms with Crippen molar-refractivity contribution in [1.82, 2.24) is 4.90 Å². The molecule has 0 aliphatic carbocycles. The summed E-state index contributed by atoms with van der Waals surface area (Å²) < 4.78 is 16.7. The summed E-state index contributed by atoms with van der Waals surface area (Å²) in [7, 11) is 1.52. The molecule has 1 fully saturated rings. The number of carbonyl (C=O) groups excluding carboxylic acids is 3. The number of rotatable bonds is 3. The Morgan fingerprint density at radius 1 is 1.19 bits per heavy atom. The number of likely N-dealkylation sites (N-methyl/N-ethyl adjacent to an activating group) is 1. The number of hydrogen-bond acceptors (Lipinski definition) is 6. The summed E-state index contributed by atoms with van der Waals surface area (Å²) in [4.78, 5) is 41.8. The molecule has 1 atom stereocenters. The van der Waals surface area contributed by atoms with Crippen LogP contribution in [0.5, 0.6) is 11.5 Å². The van der Waals surface area contributed by atoms with E-state index in [0.717, 1.165) is 0 Å². The number of para-hydroxylation sites is 1. The van der Waals surface area contributed by atoms with E-state index in [1.54, 1.807) is 36.4 Å². The largest absolute Gasteiger partial charge is 0.486 e. The average Bonchev–Trinajstić information content (AvgIpc) is 3.14. The van der Waals surface area contributed by atoms with Gasteiger partial charge < -0.3 is 19.1 Å². The summed E-state index contributed by atoms with van der Waals surface area (Å²) in [6.07, 6.45) is 0.292. The Hall–Kier alpha value is -3.26. The summed E-state index contributed by atoms with van der Waals surface area (Å²) in [6.45, 7) is 0.719. The van der Waals surface area contributed by atoms with Crippen LogP contribution in [0.1, 0.15) is 28.8 Å². The van der Waals surface area contributed by atoms with E-state index in [1.807, 2.05) is 0 Å². The molecule has 0 bridgehead atoms. The molecule has 8 nitrogen and oxygen atoms in total. The Kier molecular flexibility index (Phi) is 4.55. The number of carbonyl (C=O) groups is 3. The first kappa shape index (κ1) is 19.7. The fraction of sp³-hybridized carbons (Fsp3) is 0.318. The molecule has 2 amide bonds. The maximum Gasteiger partial charge on any atom is 0.354 e. The van der Waals surface area contributed by atoms with Gasteiger partial charge in [0.15, 0.2) is 11.5 Å². The standard InChI is InChI=1S/C22H19ClN2O6/c1-24-20(27)14-4-2-3-5-16(14)25-18(26)6-7-22(24,25)21(28)31-12-13-10-15(23)19-17(11-13)29-8-9-30-19/h2-5,10-11H,6-9,12H2,1H3/t22-/m1/s1. The van der Waals surface area contributed by atoms with Crippen molar-refractivity contribution in [3.05, 3.63) is 52.5 Å². The first-order chi connectivity index (χ1) is 14.9. The molecule has 31 heavy (non-hydrogen) atoms. The van der Waals surface area contributed by atoms with E-state index in [0.29, 0.717) is 46.5 Å². The predicted octanol–water partition coefficient (Wildman–Crippen LogP) is 2.76. The van der Waals surface area contributed by atoms with Gasteiger partial charge in [0.2, 0.25) is 11.6 Å². The van der Waals surface area contributed by atoms with Crippen LogP contribution in [0.2, 0.25) is 5.02 Å². The number of hydrogen-bond donors (Lipinski definition) is 0. The van der Waals surface area contributed by atoms with Crippen LogP contribution in [0.4, 0.5) is 5.69 Å². The third-order valence-electron chi connectivity index (χ3n) is 5.90. The summed E-state index contributed by atoms with van der Waals surface area (Å²) in [6, 6.07) is 10.1. The molecule has 160 valence electrons. The smallest absolute Gasteiger partial charge is 0.354 e. The molecule has 9 heteroatoms. The van der Waals surface area contributed by atoms with Crippen molar-refractivity contribution in [2.24, 2.45) is 0 Å². The van der Waals surface area contributed by atoms with Crippen LogP contribution in [0.15, 0.2) is 36.4 Å². The number of benzene rings is 2. The predicted molar refractivity (Wildman–Crippen MR) is 110 cm³/mol. The summed E-state index contributed by atoms with van der Waals surface area (Å²) in [5.41, 5.74) is -0.102. The lowest BCUT2D eigenvalue weighted by atomic mass is 9.97. The summed E-state index contributed by atoms with van der Waals surface area (Å²) in [5, 5.41) is 0.359. The maximum absolute atomic E-state index is 13.4. The molecule has 3 aliphatic rings. The van der Waals surface area contributed by atoms with Gasteiger partial charge in [0.1, 0.15) is 19.8 Å². The monoisotopic (exact) mass is 442 g/mol. The Bertz CT molecular complexity index is 1120. The zero-order valence-electron chi connectivity index (χ0n) is 16.7. The van der Waals surface area contributed by atoms with E-state index in [-0.39, 0.29) is 31.3 Å². The topological polar surface area (TPSA) is 85.4 Å². The summed E-state index contributed by atoms with van der Waals surface area (Å²) in [5.74, 6) is -0.287. The highest BCUT2D eigenvalue weighted by Crippen LogP contribution is 2.44. The van der Waals surface area contributed by atoms with Crippen LogP contribution in [0.25, 0.3) is 0 Å². The fourth-order valence-corrected chi connectivity index (χ4v) is 4.69. The van der Waals surface area contributed by atoms with Gasteiger partial charge in [-0.25, -0.2) is 4.79 Å². The second-order valence-corrected chi connectivity index (χ2v) is 8.01. The lowest BCUT2D eigenvalue weighted by molar-refractivity contribution is -0.157. The minimum atomic E-state index is -1.51. The molecule has 0 radical (unpaired) electrons. The Balaban J connectivity index is 1.45. The number of nitrogens with zero attached hydrogens (tertiary/aromatic N) is 2. The molecule has 5 rings (SSSR count). The first-order valence-electron chi connectivity index (χ1n) is 9.89.